The van der Waals surface area contributed by atoms with Crippen molar-refractivity contribution in [3.8, 4) is 0 Å². The van der Waals surface area contributed by atoms with Crippen LogP contribution in [0.4, 0.5) is 4.39 Å². The first-order chi connectivity index (χ1) is 9.19. The molecule has 0 atom stereocenters. The van der Waals surface area contributed by atoms with Gasteiger partial charge in [0, 0.05) is 22.9 Å². The van der Waals surface area contributed by atoms with Crippen LogP contribution in [0.3, 0.4) is 0 Å². The van der Waals surface area contributed by atoms with Crippen molar-refractivity contribution < 1.29 is 14.0 Å². The molecule has 0 spiro atoms. The molecule has 4 nitrogen and oxygen atoms in total. The Balaban J connectivity index is 2.55. The summed E-state index contributed by atoms with van der Waals surface area (Å²) in [6.07, 6.45) is 0.698. The summed E-state index contributed by atoms with van der Waals surface area (Å²) in [7, 11) is 0. The quantitative estimate of drug-likeness (QED) is 0.830. The van der Waals surface area contributed by atoms with E-state index in [1.807, 2.05) is 0 Å². The summed E-state index contributed by atoms with van der Waals surface area (Å²) in [4.78, 5) is 22.7. The van der Waals surface area contributed by atoms with E-state index >= 15 is 0 Å². The highest BCUT2D eigenvalue weighted by Gasteiger charge is 2.22. The molecule has 1 rings (SSSR count). The number of primary amides is 1. The van der Waals surface area contributed by atoms with Gasteiger partial charge in [-0.2, -0.15) is 0 Å². The lowest BCUT2D eigenvalue weighted by molar-refractivity contribution is -0.123. The first-order valence-corrected chi connectivity index (χ1v) is 7.02. The molecule has 20 heavy (non-hydrogen) atoms. The van der Waals surface area contributed by atoms with Gasteiger partial charge in [-0.15, -0.1) is 0 Å². The second kappa shape index (κ2) is 6.83. The van der Waals surface area contributed by atoms with E-state index in [4.69, 9.17) is 5.73 Å². The van der Waals surface area contributed by atoms with Gasteiger partial charge in [0.25, 0.3) is 0 Å². The fourth-order valence-corrected chi connectivity index (χ4v) is 2.35. The van der Waals surface area contributed by atoms with Gasteiger partial charge < -0.3 is 11.1 Å². The van der Waals surface area contributed by atoms with Crippen LogP contribution in [-0.4, -0.2) is 17.4 Å². The molecule has 0 heterocycles. The third-order valence-corrected chi connectivity index (χ3v) is 3.50. The molecular weight excluding hydrogens is 327 g/mol. The van der Waals surface area contributed by atoms with Crippen LogP contribution in [0.5, 0.6) is 0 Å². The maximum atomic E-state index is 13.1. The zero-order valence-electron chi connectivity index (χ0n) is 11.5. The number of rotatable bonds is 6. The van der Waals surface area contributed by atoms with Crippen molar-refractivity contribution >= 4 is 27.7 Å². The third kappa shape index (κ3) is 5.69. The van der Waals surface area contributed by atoms with Gasteiger partial charge in [-0.05, 0) is 44.0 Å². The van der Waals surface area contributed by atoms with Gasteiger partial charge in [0.2, 0.25) is 11.8 Å². The smallest absolute Gasteiger partial charge is 0.220 e. The molecule has 0 aliphatic rings. The number of hydrogen-bond acceptors (Lipinski definition) is 2. The van der Waals surface area contributed by atoms with E-state index in [2.05, 4.69) is 21.2 Å². The molecule has 1 aromatic carbocycles. The van der Waals surface area contributed by atoms with Crippen LogP contribution in [-0.2, 0) is 16.0 Å². The predicted molar refractivity (Wildman–Crippen MR) is 78.5 cm³/mol. The molecule has 1 aromatic rings. The van der Waals surface area contributed by atoms with E-state index in [-0.39, 0.29) is 24.6 Å². The summed E-state index contributed by atoms with van der Waals surface area (Å²) in [5, 5.41) is 2.74. The molecule has 0 saturated heterocycles. The molecule has 0 aliphatic heterocycles. The number of carbonyl (C=O) groups excluding carboxylic acids is 2. The van der Waals surface area contributed by atoms with Crippen molar-refractivity contribution in [2.45, 2.75) is 38.6 Å². The average molecular weight is 345 g/mol. The lowest BCUT2D eigenvalue weighted by Crippen LogP contribution is -2.46. The summed E-state index contributed by atoms with van der Waals surface area (Å²) in [5.41, 5.74) is 5.17. The fourth-order valence-electron chi connectivity index (χ4n) is 1.90. The summed E-state index contributed by atoms with van der Waals surface area (Å²) in [5.74, 6) is -1.01. The minimum atomic E-state index is -0.678. The normalized spacial score (nSPS) is 11.2. The zero-order chi connectivity index (χ0) is 15.3. The summed E-state index contributed by atoms with van der Waals surface area (Å²) in [6.45, 7) is 3.46. The van der Waals surface area contributed by atoms with Crippen molar-refractivity contribution in [2.24, 2.45) is 5.73 Å². The molecule has 0 radical (unpaired) electrons. The Morgan fingerprint density at radius 3 is 2.65 bits per heavy atom. The number of carbonyl (C=O) groups is 2. The molecule has 2 amide bonds. The van der Waals surface area contributed by atoms with Crippen molar-refractivity contribution in [3.63, 3.8) is 0 Å². The van der Waals surface area contributed by atoms with Crippen LogP contribution in [0.2, 0.25) is 0 Å². The highest BCUT2D eigenvalue weighted by molar-refractivity contribution is 9.10. The van der Waals surface area contributed by atoms with Crippen molar-refractivity contribution in [1.29, 1.82) is 0 Å². The molecule has 0 aromatic heterocycles. The van der Waals surface area contributed by atoms with E-state index in [1.165, 1.54) is 12.1 Å². The van der Waals surface area contributed by atoms with Gasteiger partial charge in [-0.3, -0.25) is 9.59 Å². The number of aryl methyl sites for hydroxylation is 1. The summed E-state index contributed by atoms with van der Waals surface area (Å²) < 4.78 is 13.9. The number of nitrogens with two attached hydrogens (primary N) is 1. The molecule has 3 N–H and O–H groups in total. The van der Waals surface area contributed by atoms with Crippen LogP contribution in [0.15, 0.2) is 22.7 Å². The third-order valence-electron chi connectivity index (χ3n) is 2.72. The monoisotopic (exact) mass is 344 g/mol. The predicted octanol–water partition coefficient (Wildman–Crippen LogP) is 2.29. The van der Waals surface area contributed by atoms with Crippen LogP contribution in [0, 0.1) is 5.82 Å². The molecule has 110 valence electrons. The largest absolute Gasteiger partial charge is 0.370 e. The van der Waals surface area contributed by atoms with Gasteiger partial charge in [0.05, 0.1) is 0 Å². The van der Waals surface area contributed by atoms with E-state index in [1.54, 1.807) is 19.9 Å². The Kier molecular flexibility index (Phi) is 5.68. The fraction of sp³-hybridized carbons (Fsp3) is 0.429. The lowest BCUT2D eigenvalue weighted by Gasteiger charge is -2.24. The van der Waals surface area contributed by atoms with Crippen molar-refractivity contribution in [2.75, 3.05) is 0 Å². The molecule has 0 aliphatic carbocycles. The first kappa shape index (κ1) is 16.6. The van der Waals surface area contributed by atoms with Gasteiger partial charge in [0.15, 0.2) is 0 Å². The first-order valence-electron chi connectivity index (χ1n) is 6.23. The maximum Gasteiger partial charge on any atom is 0.220 e. The standard InChI is InChI=1S/C14H18BrFN2O2/c1-14(2,8-12(17)19)18-13(20)6-3-9-7-10(16)4-5-11(9)15/h4-5,7H,3,6,8H2,1-2H3,(H2,17,19)(H,18,20). The average Bonchev–Trinajstić information content (AvgIpc) is 2.27. The zero-order valence-corrected chi connectivity index (χ0v) is 13.1. The van der Waals surface area contributed by atoms with Gasteiger partial charge in [0.1, 0.15) is 5.82 Å². The molecule has 6 heteroatoms. The highest BCUT2D eigenvalue weighted by Crippen LogP contribution is 2.19. The van der Waals surface area contributed by atoms with Gasteiger partial charge >= 0.3 is 0 Å². The lowest BCUT2D eigenvalue weighted by atomic mass is 9.99. The highest BCUT2D eigenvalue weighted by atomic mass is 79.9. The number of amides is 2. The number of halogens is 2. The van der Waals surface area contributed by atoms with E-state index < -0.39 is 11.4 Å². The molecule has 0 unspecified atom stereocenters. The van der Waals surface area contributed by atoms with Crippen LogP contribution >= 0.6 is 15.9 Å². The Morgan fingerprint density at radius 2 is 2.05 bits per heavy atom. The minimum absolute atomic E-state index is 0.0718. The maximum absolute atomic E-state index is 13.1. The van der Waals surface area contributed by atoms with Gasteiger partial charge in [-0.25, -0.2) is 4.39 Å². The second-order valence-corrected chi connectivity index (χ2v) is 6.17. The summed E-state index contributed by atoms with van der Waals surface area (Å²) in [6, 6.07) is 4.36. The topological polar surface area (TPSA) is 72.2 Å². The van der Waals surface area contributed by atoms with Crippen LogP contribution in [0.1, 0.15) is 32.3 Å². The Hall–Kier alpha value is -1.43. The Bertz CT molecular complexity index is 518. The number of benzene rings is 1. The minimum Gasteiger partial charge on any atom is -0.370 e. The summed E-state index contributed by atoms with van der Waals surface area (Å²) >= 11 is 3.32. The van der Waals surface area contributed by atoms with E-state index in [0.29, 0.717) is 6.42 Å². The van der Waals surface area contributed by atoms with Crippen molar-refractivity contribution in [1.82, 2.24) is 5.32 Å². The van der Waals surface area contributed by atoms with Crippen molar-refractivity contribution in [3.05, 3.63) is 34.1 Å². The SMILES string of the molecule is CC(C)(CC(N)=O)NC(=O)CCc1cc(F)ccc1Br. The molecule has 0 saturated carbocycles. The number of hydrogen-bond donors (Lipinski definition) is 2. The number of nitrogens with one attached hydrogen (secondary N) is 1. The van der Waals surface area contributed by atoms with Crippen LogP contribution < -0.4 is 11.1 Å². The van der Waals surface area contributed by atoms with E-state index in [9.17, 15) is 14.0 Å². The van der Waals surface area contributed by atoms with E-state index in [0.717, 1.165) is 10.0 Å². The second-order valence-electron chi connectivity index (χ2n) is 5.31. The molecule has 0 bridgehead atoms. The van der Waals surface area contributed by atoms with Crippen LogP contribution in [0.25, 0.3) is 0 Å². The Labute approximate surface area is 126 Å². The Morgan fingerprint density at radius 1 is 1.40 bits per heavy atom. The molecule has 0 fully saturated rings. The molecular formula is C14H18BrFN2O2. The van der Waals surface area contributed by atoms with Gasteiger partial charge in [-0.1, -0.05) is 15.9 Å².